The quantitative estimate of drug-likeness (QED) is 0.672. The SMILES string of the molecule is COc1ccc2c(C(=O)N(C)Cc3c(C)nn(C)c3C)cc(=O)oc2c1. The van der Waals surface area contributed by atoms with Crippen LogP contribution >= 0.6 is 0 Å². The van der Waals surface area contributed by atoms with Crippen molar-refractivity contribution in [3.63, 3.8) is 0 Å². The molecule has 26 heavy (non-hydrogen) atoms. The first-order chi connectivity index (χ1) is 12.3. The molecule has 3 aromatic rings. The number of carbonyl (C=O) groups excluding carboxylic acids is 1. The van der Waals surface area contributed by atoms with Gasteiger partial charge in [-0.1, -0.05) is 0 Å². The van der Waals surface area contributed by atoms with Crippen LogP contribution in [0.3, 0.4) is 0 Å². The fourth-order valence-corrected chi connectivity index (χ4v) is 3.01. The van der Waals surface area contributed by atoms with Gasteiger partial charge in [0.1, 0.15) is 11.3 Å². The Labute approximate surface area is 150 Å². The molecule has 1 aromatic carbocycles. The molecule has 2 aromatic heterocycles. The monoisotopic (exact) mass is 355 g/mol. The van der Waals surface area contributed by atoms with E-state index in [0.29, 0.717) is 28.8 Å². The molecular formula is C19H21N3O4. The molecule has 7 nitrogen and oxygen atoms in total. The van der Waals surface area contributed by atoms with Gasteiger partial charge in [-0.05, 0) is 26.0 Å². The summed E-state index contributed by atoms with van der Waals surface area (Å²) in [5, 5.41) is 4.95. The van der Waals surface area contributed by atoms with E-state index in [-0.39, 0.29) is 5.91 Å². The molecule has 0 fully saturated rings. The van der Waals surface area contributed by atoms with E-state index in [1.54, 1.807) is 34.8 Å². The van der Waals surface area contributed by atoms with Gasteiger partial charge in [0.15, 0.2) is 0 Å². The van der Waals surface area contributed by atoms with E-state index in [2.05, 4.69) is 5.10 Å². The third kappa shape index (κ3) is 3.08. The number of benzene rings is 1. The van der Waals surface area contributed by atoms with Gasteiger partial charge in [-0.3, -0.25) is 9.48 Å². The number of aromatic nitrogens is 2. The molecule has 0 bridgehead atoms. The summed E-state index contributed by atoms with van der Waals surface area (Å²) in [6.07, 6.45) is 0. The van der Waals surface area contributed by atoms with E-state index in [9.17, 15) is 9.59 Å². The van der Waals surface area contributed by atoms with Gasteiger partial charge in [-0.2, -0.15) is 5.10 Å². The van der Waals surface area contributed by atoms with Crippen LogP contribution in [0.15, 0.2) is 33.5 Å². The number of methoxy groups -OCH3 is 1. The number of fused-ring (bicyclic) bond motifs is 1. The van der Waals surface area contributed by atoms with Crippen LogP contribution in [0.2, 0.25) is 0 Å². The number of nitrogens with zero attached hydrogens (tertiary/aromatic N) is 3. The summed E-state index contributed by atoms with van der Waals surface area (Å²) >= 11 is 0. The van der Waals surface area contributed by atoms with Crippen molar-refractivity contribution in [3.05, 3.63) is 57.2 Å². The number of amides is 1. The summed E-state index contributed by atoms with van der Waals surface area (Å²) in [4.78, 5) is 26.5. The minimum Gasteiger partial charge on any atom is -0.497 e. The van der Waals surface area contributed by atoms with Gasteiger partial charge in [-0.25, -0.2) is 4.79 Å². The van der Waals surface area contributed by atoms with Gasteiger partial charge in [0.05, 0.1) is 18.4 Å². The second-order valence-electron chi connectivity index (χ2n) is 6.28. The summed E-state index contributed by atoms with van der Waals surface area (Å²) in [5.41, 5.74) is 2.94. The zero-order valence-electron chi connectivity index (χ0n) is 15.5. The first-order valence-electron chi connectivity index (χ1n) is 8.18. The second-order valence-corrected chi connectivity index (χ2v) is 6.28. The van der Waals surface area contributed by atoms with Gasteiger partial charge in [0, 0.05) is 49.4 Å². The molecule has 0 radical (unpaired) electrons. The Balaban J connectivity index is 2.00. The summed E-state index contributed by atoms with van der Waals surface area (Å²) < 4.78 is 12.2. The number of carbonyl (C=O) groups is 1. The van der Waals surface area contributed by atoms with Crippen molar-refractivity contribution in [1.82, 2.24) is 14.7 Å². The van der Waals surface area contributed by atoms with E-state index < -0.39 is 5.63 Å². The summed E-state index contributed by atoms with van der Waals surface area (Å²) in [6, 6.07) is 6.28. The average molecular weight is 355 g/mol. The Morgan fingerprint density at radius 2 is 2.04 bits per heavy atom. The predicted molar refractivity (Wildman–Crippen MR) is 97.5 cm³/mol. The summed E-state index contributed by atoms with van der Waals surface area (Å²) in [5.74, 6) is 0.302. The van der Waals surface area contributed by atoms with Crippen molar-refractivity contribution in [2.75, 3.05) is 14.2 Å². The highest BCUT2D eigenvalue weighted by Gasteiger charge is 2.20. The minimum absolute atomic E-state index is 0.254. The molecule has 0 atom stereocenters. The lowest BCUT2D eigenvalue weighted by Crippen LogP contribution is -2.27. The van der Waals surface area contributed by atoms with E-state index in [1.807, 2.05) is 20.9 Å². The van der Waals surface area contributed by atoms with Crippen molar-refractivity contribution in [1.29, 1.82) is 0 Å². The molecule has 0 aliphatic carbocycles. The topological polar surface area (TPSA) is 77.6 Å². The van der Waals surface area contributed by atoms with Crippen LogP contribution in [0.4, 0.5) is 0 Å². The highest BCUT2D eigenvalue weighted by molar-refractivity contribution is 6.05. The smallest absolute Gasteiger partial charge is 0.337 e. The molecule has 7 heteroatoms. The second kappa shape index (κ2) is 6.67. The number of ether oxygens (including phenoxy) is 1. The van der Waals surface area contributed by atoms with Crippen LogP contribution in [-0.2, 0) is 13.6 Å². The van der Waals surface area contributed by atoms with Crippen molar-refractivity contribution in [2.24, 2.45) is 7.05 Å². The Kier molecular flexibility index (Phi) is 4.54. The molecule has 2 heterocycles. The maximum atomic E-state index is 13.0. The zero-order chi connectivity index (χ0) is 19.0. The third-order valence-corrected chi connectivity index (χ3v) is 4.58. The van der Waals surface area contributed by atoms with Gasteiger partial charge < -0.3 is 14.1 Å². The molecule has 0 N–H and O–H groups in total. The number of aryl methyl sites for hydroxylation is 2. The van der Waals surface area contributed by atoms with Crippen LogP contribution < -0.4 is 10.4 Å². The lowest BCUT2D eigenvalue weighted by Gasteiger charge is -2.18. The first-order valence-corrected chi connectivity index (χ1v) is 8.18. The van der Waals surface area contributed by atoms with Gasteiger partial charge in [-0.15, -0.1) is 0 Å². The molecule has 0 aliphatic heterocycles. The van der Waals surface area contributed by atoms with Crippen LogP contribution in [0.5, 0.6) is 5.75 Å². The largest absolute Gasteiger partial charge is 0.497 e. The van der Waals surface area contributed by atoms with Gasteiger partial charge in [0.25, 0.3) is 5.91 Å². The van der Waals surface area contributed by atoms with Crippen molar-refractivity contribution < 1.29 is 13.9 Å². The van der Waals surface area contributed by atoms with Crippen LogP contribution in [0, 0.1) is 13.8 Å². The molecular weight excluding hydrogens is 334 g/mol. The molecule has 0 saturated heterocycles. The molecule has 0 saturated carbocycles. The van der Waals surface area contributed by atoms with E-state index in [1.165, 1.54) is 13.2 Å². The molecule has 0 aliphatic rings. The lowest BCUT2D eigenvalue weighted by molar-refractivity contribution is 0.0786. The first kappa shape index (κ1) is 17.7. The standard InChI is InChI=1S/C19H21N3O4/c1-11-16(12(2)22(4)20-11)10-21(3)19(24)15-9-18(23)26-17-8-13(25-5)6-7-14(15)17/h6-9H,10H2,1-5H3. The molecule has 0 unspecified atom stereocenters. The summed E-state index contributed by atoms with van der Waals surface area (Å²) in [6.45, 7) is 4.29. The van der Waals surface area contributed by atoms with Gasteiger partial charge >= 0.3 is 5.63 Å². The lowest BCUT2D eigenvalue weighted by atomic mass is 10.1. The van der Waals surface area contributed by atoms with Crippen LogP contribution in [0.1, 0.15) is 27.3 Å². The van der Waals surface area contributed by atoms with E-state index in [4.69, 9.17) is 9.15 Å². The molecule has 0 spiro atoms. The Bertz CT molecular complexity index is 1050. The third-order valence-electron chi connectivity index (χ3n) is 4.58. The van der Waals surface area contributed by atoms with Gasteiger partial charge in [0.2, 0.25) is 0 Å². The zero-order valence-corrected chi connectivity index (χ0v) is 15.5. The van der Waals surface area contributed by atoms with E-state index in [0.717, 1.165) is 17.0 Å². The molecule has 3 rings (SSSR count). The Morgan fingerprint density at radius 1 is 1.31 bits per heavy atom. The van der Waals surface area contributed by atoms with E-state index >= 15 is 0 Å². The van der Waals surface area contributed by atoms with Crippen LogP contribution in [0.25, 0.3) is 11.0 Å². The Hall–Kier alpha value is -3.09. The number of hydrogen-bond acceptors (Lipinski definition) is 5. The average Bonchev–Trinajstić information content (AvgIpc) is 2.85. The number of hydrogen-bond donors (Lipinski definition) is 0. The molecule has 1 amide bonds. The van der Waals surface area contributed by atoms with Crippen molar-refractivity contribution >= 4 is 16.9 Å². The normalized spacial score (nSPS) is 11.0. The fraction of sp³-hybridized carbons (Fsp3) is 0.316. The summed E-state index contributed by atoms with van der Waals surface area (Å²) in [7, 11) is 5.11. The predicted octanol–water partition coefficient (Wildman–Crippen LogP) is 2.42. The maximum absolute atomic E-state index is 13.0. The van der Waals surface area contributed by atoms with Crippen LogP contribution in [-0.4, -0.2) is 34.7 Å². The van der Waals surface area contributed by atoms with Crippen molar-refractivity contribution in [2.45, 2.75) is 20.4 Å². The number of rotatable bonds is 4. The Morgan fingerprint density at radius 3 is 2.65 bits per heavy atom. The van der Waals surface area contributed by atoms with Crippen molar-refractivity contribution in [3.8, 4) is 5.75 Å². The fourth-order valence-electron chi connectivity index (χ4n) is 3.01. The maximum Gasteiger partial charge on any atom is 0.337 e. The molecule has 136 valence electrons. The minimum atomic E-state index is -0.573. The highest BCUT2D eigenvalue weighted by Crippen LogP contribution is 2.24. The highest BCUT2D eigenvalue weighted by atomic mass is 16.5.